The molecule has 53 heavy (non-hydrogen) atoms. The first-order valence-corrected chi connectivity index (χ1v) is 23.3. The quantitative estimate of drug-likeness (QED) is 0.0463. The van der Waals surface area contributed by atoms with Crippen LogP contribution in [0.5, 0.6) is 0 Å². The van der Waals surface area contributed by atoms with Crippen molar-refractivity contribution in [1.29, 1.82) is 0 Å². The largest absolute Gasteiger partial charge is 0.744 e. The summed E-state index contributed by atoms with van der Waals surface area (Å²) >= 11 is -0.864. The molecule has 4 N–H and O–H groups in total. The van der Waals surface area contributed by atoms with Crippen molar-refractivity contribution >= 4 is 72.2 Å². The summed E-state index contributed by atoms with van der Waals surface area (Å²) in [7, 11) is -11.9. The van der Waals surface area contributed by atoms with Gasteiger partial charge in [0.1, 0.15) is 10.1 Å². The van der Waals surface area contributed by atoms with Gasteiger partial charge in [0.2, 0.25) is 0 Å². The fourth-order valence-electron chi connectivity index (χ4n) is 6.71. The normalized spacial score (nSPS) is 21.4. The Hall–Kier alpha value is -2.98. The molecule has 0 aliphatic carbocycles. The number of ether oxygens (including phenoxy) is 1. The van der Waals surface area contributed by atoms with Gasteiger partial charge < -0.3 is 22.8 Å². The molecule has 0 spiro atoms. The monoisotopic (exact) mass is 907 g/mol. The molecule has 0 fully saturated rings. The van der Waals surface area contributed by atoms with Crippen LogP contribution in [-0.2, 0) is 50.7 Å². The van der Waals surface area contributed by atoms with Crippen molar-refractivity contribution in [3.63, 3.8) is 0 Å². The molecule has 0 amide bonds. The molecular weight excluding hydrogens is 863 g/mol. The number of allylic oxidation sites excluding steroid dienone is 6. The lowest BCUT2D eigenvalue weighted by Crippen LogP contribution is -2.34. The van der Waals surface area contributed by atoms with Crippen LogP contribution < -0.4 is 8.43 Å². The fourth-order valence-corrected chi connectivity index (χ4v) is 10.8. The number of halogens is 1. The second kappa shape index (κ2) is 17.2. The number of nitrogens with zero attached hydrogens (tertiary/aromatic N) is 1. The molecule has 2 aromatic carbocycles. The van der Waals surface area contributed by atoms with E-state index < -0.39 is 73.9 Å². The van der Waals surface area contributed by atoms with Crippen LogP contribution in [0.4, 0.5) is 11.4 Å². The summed E-state index contributed by atoms with van der Waals surface area (Å²) in [5, 5.41) is 9.06. The van der Waals surface area contributed by atoms with Gasteiger partial charge in [0.25, 0.3) is 20.2 Å². The number of anilines is 2. The predicted octanol–water partition coefficient (Wildman–Crippen LogP) is 5.70. The van der Waals surface area contributed by atoms with E-state index in [2.05, 4.69) is 8.43 Å². The van der Waals surface area contributed by atoms with Crippen LogP contribution in [0, 0.1) is 0 Å². The molecule has 2 heterocycles. The molecule has 0 saturated carbocycles. The van der Waals surface area contributed by atoms with Crippen molar-refractivity contribution in [3.8, 4) is 0 Å². The zero-order valence-corrected chi connectivity index (χ0v) is 34.1. The lowest BCUT2D eigenvalue weighted by atomic mass is 9.75. The number of carboxylic acids is 1. The second-order valence-corrected chi connectivity index (χ2v) is 19.9. The summed E-state index contributed by atoms with van der Waals surface area (Å²) in [6.07, 6.45) is 11.9. The Morgan fingerprint density at radius 3 is 2.25 bits per heavy atom. The maximum absolute atomic E-state index is 12.0. The van der Waals surface area contributed by atoms with Crippen LogP contribution in [0.15, 0.2) is 82.3 Å². The number of hydrogen-bond acceptors (Lipinski definition) is 11. The van der Waals surface area contributed by atoms with Crippen LogP contribution in [-0.4, -0.2) is 79.5 Å². The average molecular weight is 908 g/mol. The molecular formula is C35H44IN2O12S3-. The molecule has 0 saturated heterocycles. The third-order valence-corrected chi connectivity index (χ3v) is 15.0. The standard InChI is InChI=1S/C35H45IN2O12S3/c1-34(18-10-22-51(41,42)43)27-23-25(52(44,45)46)14-16-29(27)37-36-31(34)11-6-4-7-12-32-35(2,19-21-50-3)28-24-26(53(47,48)49)15-17-30(28)38(32)20-9-5-8-13-33(39)40/h4,6-7,11-12,14-17,23-24,37H,5,8-10,13,18-22H2,1-3H3,(H,39,40)(H,41,42,43)(H,44,45,46)(H,47,48,49)/p-1/b7-4+,11-6+,32-12+. The van der Waals surface area contributed by atoms with Crippen molar-refractivity contribution in [2.45, 2.75) is 79.4 Å². The van der Waals surface area contributed by atoms with Crippen molar-refractivity contribution in [2.75, 3.05) is 34.4 Å². The highest BCUT2D eigenvalue weighted by atomic mass is 127. The number of carbonyl (C=O) groups is 1. The summed E-state index contributed by atoms with van der Waals surface area (Å²) in [4.78, 5) is 12.5. The van der Waals surface area contributed by atoms with Crippen molar-refractivity contribution in [1.82, 2.24) is 0 Å². The molecule has 2 aromatic rings. The van der Waals surface area contributed by atoms with Gasteiger partial charge in [-0.25, -0.2) is 8.42 Å². The molecule has 0 aromatic heterocycles. The van der Waals surface area contributed by atoms with E-state index in [4.69, 9.17) is 9.84 Å². The second-order valence-electron chi connectivity index (χ2n) is 13.3. The van der Waals surface area contributed by atoms with Crippen LogP contribution in [0.1, 0.15) is 69.9 Å². The van der Waals surface area contributed by atoms with E-state index in [1.54, 1.807) is 31.4 Å². The number of carboxylic acid groups (broad SMARTS) is 1. The molecule has 2 aliphatic heterocycles. The first-order chi connectivity index (χ1) is 24.7. The molecule has 2 aliphatic rings. The van der Waals surface area contributed by atoms with E-state index in [-0.39, 0.29) is 29.1 Å². The van der Waals surface area contributed by atoms with Crippen molar-refractivity contribution in [3.05, 3.63) is 83.6 Å². The highest BCUT2D eigenvalue weighted by Gasteiger charge is 2.43. The fraction of sp³-hybridized carbons (Fsp3) is 0.429. The Balaban J connectivity index is 1.71. The molecule has 18 heteroatoms. The molecule has 2 unspecified atom stereocenters. The van der Waals surface area contributed by atoms with Crippen LogP contribution in [0.2, 0.25) is 0 Å². The minimum absolute atomic E-state index is 0.0499. The van der Waals surface area contributed by atoms with Crippen LogP contribution in [0.3, 0.4) is 0 Å². The summed E-state index contributed by atoms with van der Waals surface area (Å²) in [5.41, 5.74) is 1.87. The summed E-state index contributed by atoms with van der Waals surface area (Å²) in [6, 6.07) is 8.57. The van der Waals surface area contributed by atoms with Gasteiger partial charge in [-0.1, -0.05) is 37.6 Å². The van der Waals surface area contributed by atoms with Gasteiger partial charge in [0, 0.05) is 79.1 Å². The number of fused-ring (bicyclic) bond motifs is 2. The summed E-state index contributed by atoms with van der Waals surface area (Å²) in [5.74, 6) is -1.35. The van der Waals surface area contributed by atoms with Gasteiger partial charge >= 0.3 is 5.97 Å². The molecule has 0 bridgehead atoms. The third kappa shape index (κ3) is 10.6. The number of unbranched alkanes of at least 4 members (excludes halogenated alkanes) is 2. The molecule has 4 rings (SSSR count). The molecule has 0 radical (unpaired) electrons. The topological polar surface area (TPSA) is 228 Å². The van der Waals surface area contributed by atoms with E-state index in [0.717, 1.165) is 14.9 Å². The smallest absolute Gasteiger partial charge is 0.303 e. The first kappa shape index (κ1) is 42.8. The van der Waals surface area contributed by atoms with Crippen molar-refractivity contribution in [2.24, 2.45) is 0 Å². The number of benzene rings is 2. The maximum atomic E-state index is 12.0. The lowest BCUT2D eigenvalue weighted by molar-refractivity contribution is -0.137. The van der Waals surface area contributed by atoms with Crippen LogP contribution in [0.25, 0.3) is 0 Å². The van der Waals surface area contributed by atoms with Crippen molar-refractivity contribution < 1.29 is 53.5 Å². The highest BCUT2D eigenvalue weighted by molar-refractivity contribution is 14.2. The average Bonchev–Trinajstić information content (AvgIpc) is 3.29. The first-order valence-electron chi connectivity index (χ1n) is 16.7. The van der Waals surface area contributed by atoms with E-state index in [1.165, 1.54) is 24.3 Å². The number of rotatable bonds is 18. The molecule has 2 atom stereocenters. The maximum Gasteiger partial charge on any atom is 0.303 e. The van der Waals surface area contributed by atoms with Gasteiger partial charge in [0.15, 0.2) is 0 Å². The van der Waals surface area contributed by atoms with E-state index in [9.17, 15) is 43.7 Å². The zero-order valence-electron chi connectivity index (χ0n) is 29.5. The van der Waals surface area contributed by atoms with E-state index in [0.29, 0.717) is 55.6 Å². The van der Waals surface area contributed by atoms with Crippen LogP contribution >= 0.6 is 21.0 Å². The summed E-state index contributed by atoms with van der Waals surface area (Å²) < 4.78 is 112. The molecule has 292 valence electrons. The van der Waals surface area contributed by atoms with E-state index in [1.807, 2.05) is 32.1 Å². The zero-order chi connectivity index (χ0) is 39.2. The Kier molecular flexibility index (Phi) is 13.9. The predicted molar refractivity (Wildman–Crippen MR) is 210 cm³/mol. The Bertz CT molecular complexity index is 2170. The number of nitrogens with one attached hydrogen (secondary N) is 1. The third-order valence-electron chi connectivity index (χ3n) is 9.54. The number of hydrogen-bond donors (Lipinski definition) is 4. The van der Waals surface area contributed by atoms with Gasteiger partial charge in [-0.05, 0) is 92.6 Å². The Morgan fingerprint density at radius 1 is 0.906 bits per heavy atom. The Labute approximate surface area is 321 Å². The number of aliphatic carboxylic acids is 1. The van der Waals surface area contributed by atoms with Gasteiger partial charge in [0.05, 0.1) is 15.5 Å². The van der Waals surface area contributed by atoms with Gasteiger partial charge in [-0.2, -0.15) is 16.8 Å². The highest BCUT2D eigenvalue weighted by Crippen LogP contribution is 2.51. The van der Waals surface area contributed by atoms with Gasteiger partial charge in [-0.3, -0.25) is 13.9 Å². The minimum Gasteiger partial charge on any atom is -0.744 e. The Morgan fingerprint density at radius 2 is 1.60 bits per heavy atom. The number of methoxy groups -OCH3 is 1. The SMILES string of the molecule is COCCC1(C)\C(=C/C=C/C=C/C2=INc3ccc(S(=O)(=O)O)cc3C2(C)CCCS(=O)(=O)O)N(CCCCCC(=O)O)c2ccc(S(=O)(=O)[O-])cc21. The summed E-state index contributed by atoms with van der Waals surface area (Å²) in [6.45, 7) is 4.67. The minimum atomic E-state index is -4.74. The lowest BCUT2D eigenvalue weighted by Gasteiger charge is -2.36. The van der Waals surface area contributed by atoms with Gasteiger partial charge in [-0.15, -0.1) is 0 Å². The van der Waals surface area contributed by atoms with E-state index >= 15 is 0 Å². The molecule has 14 nitrogen and oxygen atoms in total.